The molecule has 0 aliphatic rings. The lowest BCUT2D eigenvalue weighted by atomic mass is 10.1. The number of aryl methyl sites for hydroxylation is 2. The third-order valence-electron chi connectivity index (χ3n) is 3.83. The summed E-state index contributed by atoms with van der Waals surface area (Å²) in [4.78, 5) is 23.9. The van der Waals surface area contributed by atoms with Crippen LogP contribution < -0.4 is 15.6 Å². The molecule has 0 aliphatic heterocycles. The van der Waals surface area contributed by atoms with Crippen LogP contribution in [0.4, 0.5) is 0 Å². The first-order valence-corrected chi connectivity index (χ1v) is 7.78. The number of aliphatic hydroxyl groups excluding tert-OH is 1. The molecular weight excluding hydrogens is 324 g/mol. The fourth-order valence-electron chi connectivity index (χ4n) is 2.12. The lowest BCUT2D eigenvalue weighted by Crippen LogP contribution is -2.48. The maximum atomic E-state index is 12.1. The summed E-state index contributed by atoms with van der Waals surface area (Å²) >= 11 is 0. The van der Waals surface area contributed by atoms with Gasteiger partial charge in [-0.05, 0) is 38.0 Å². The predicted octanol–water partition coefficient (Wildman–Crippen LogP) is 0.685. The number of hydrogen-bond acceptors (Lipinski definition) is 5. The minimum absolute atomic E-state index is 0.328. The molecule has 0 aliphatic carbocycles. The van der Waals surface area contributed by atoms with Gasteiger partial charge in [-0.2, -0.15) is 5.10 Å². The zero-order valence-electron chi connectivity index (χ0n) is 14.6. The van der Waals surface area contributed by atoms with Crippen LogP contribution in [0.2, 0.25) is 0 Å². The maximum absolute atomic E-state index is 12.1. The molecule has 8 heteroatoms. The van der Waals surface area contributed by atoms with E-state index in [1.807, 2.05) is 26.0 Å². The highest BCUT2D eigenvalue weighted by Gasteiger charge is 2.21. The number of hydrazine groups is 1. The Labute approximate surface area is 145 Å². The number of aliphatic hydroxyl groups is 1. The summed E-state index contributed by atoms with van der Waals surface area (Å²) in [5.74, 6) is -0.697. The first-order valence-electron chi connectivity index (χ1n) is 7.78. The van der Waals surface area contributed by atoms with Crippen molar-refractivity contribution in [3.63, 3.8) is 0 Å². The summed E-state index contributed by atoms with van der Waals surface area (Å²) in [6.45, 7) is 5.43. The van der Waals surface area contributed by atoms with E-state index in [1.165, 1.54) is 17.1 Å². The second-order valence-electron chi connectivity index (χ2n) is 5.79. The van der Waals surface area contributed by atoms with E-state index in [0.717, 1.165) is 11.1 Å². The molecule has 0 saturated heterocycles. The van der Waals surface area contributed by atoms with Gasteiger partial charge in [0.15, 0.2) is 12.2 Å². The monoisotopic (exact) mass is 346 g/mol. The largest absolute Gasteiger partial charge is 0.481 e. The molecule has 1 heterocycles. The molecule has 2 atom stereocenters. The summed E-state index contributed by atoms with van der Waals surface area (Å²) in [7, 11) is 1.67. The molecule has 3 N–H and O–H groups in total. The van der Waals surface area contributed by atoms with Crippen LogP contribution in [0.5, 0.6) is 5.75 Å². The van der Waals surface area contributed by atoms with Crippen molar-refractivity contribution in [2.45, 2.75) is 33.0 Å². The highest BCUT2D eigenvalue weighted by molar-refractivity contribution is 5.86. The van der Waals surface area contributed by atoms with Crippen LogP contribution >= 0.6 is 0 Å². The molecule has 2 aromatic rings. The van der Waals surface area contributed by atoms with E-state index in [-0.39, 0.29) is 0 Å². The first kappa shape index (κ1) is 18.5. The number of hydrogen-bond donors (Lipinski definition) is 3. The van der Waals surface area contributed by atoms with Crippen LogP contribution in [-0.2, 0) is 16.6 Å². The van der Waals surface area contributed by atoms with Crippen LogP contribution in [0.25, 0.3) is 0 Å². The van der Waals surface area contributed by atoms with Crippen molar-refractivity contribution in [3.8, 4) is 5.75 Å². The minimum Gasteiger partial charge on any atom is -0.481 e. The summed E-state index contributed by atoms with van der Waals surface area (Å²) in [5.41, 5.74) is 6.74. The van der Waals surface area contributed by atoms with Crippen molar-refractivity contribution < 1.29 is 19.4 Å². The molecule has 0 radical (unpaired) electrons. The fourth-order valence-corrected chi connectivity index (χ4v) is 2.12. The molecule has 2 rings (SSSR count). The molecule has 0 unspecified atom stereocenters. The normalized spacial score (nSPS) is 13.0. The Balaban J connectivity index is 1.88. The average molecular weight is 346 g/mol. The van der Waals surface area contributed by atoms with Gasteiger partial charge < -0.3 is 9.84 Å². The van der Waals surface area contributed by atoms with Gasteiger partial charge in [0.25, 0.3) is 11.8 Å². The zero-order valence-corrected chi connectivity index (χ0v) is 14.6. The van der Waals surface area contributed by atoms with Crippen molar-refractivity contribution in [3.05, 3.63) is 47.3 Å². The Morgan fingerprint density at radius 3 is 2.56 bits per heavy atom. The van der Waals surface area contributed by atoms with Crippen LogP contribution in [0.1, 0.15) is 29.7 Å². The molecule has 25 heavy (non-hydrogen) atoms. The highest BCUT2D eigenvalue weighted by Crippen LogP contribution is 2.21. The van der Waals surface area contributed by atoms with Crippen molar-refractivity contribution in [1.29, 1.82) is 0 Å². The average Bonchev–Trinajstić information content (AvgIpc) is 3.02. The summed E-state index contributed by atoms with van der Waals surface area (Å²) < 4.78 is 7.09. The Morgan fingerprint density at radius 2 is 1.92 bits per heavy atom. The van der Waals surface area contributed by atoms with E-state index in [2.05, 4.69) is 16.0 Å². The van der Waals surface area contributed by atoms with E-state index in [1.54, 1.807) is 20.0 Å². The number of amides is 2. The molecule has 0 fully saturated rings. The zero-order chi connectivity index (χ0) is 18.6. The van der Waals surface area contributed by atoms with E-state index < -0.39 is 24.0 Å². The van der Waals surface area contributed by atoms with Crippen LogP contribution in [0, 0.1) is 13.8 Å². The third kappa shape index (κ3) is 4.57. The second kappa shape index (κ2) is 7.80. The molecule has 2 amide bonds. The molecule has 134 valence electrons. The van der Waals surface area contributed by atoms with Crippen LogP contribution in [0.15, 0.2) is 30.6 Å². The van der Waals surface area contributed by atoms with E-state index in [9.17, 15) is 14.7 Å². The van der Waals surface area contributed by atoms with Gasteiger partial charge in [-0.1, -0.05) is 12.1 Å². The molecule has 1 aromatic heterocycles. The molecule has 8 nitrogen and oxygen atoms in total. The van der Waals surface area contributed by atoms with Gasteiger partial charge in [-0.25, -0.2) is 0 Å². The Hall–Kier alpha value is -2.87. The number of ether oxygens (including phenoxy) is 1. The lowest BCUT2D eigenvalue weighted by molar-refractivity contribution is -0.136. The van der Waals surface area contributed by atoms with Gasteiger partial charge in [0.05, 0.1) is 6.20 Å². The van der Waals surface area contributed by atoms with Crippen molar-refractivity contribution in [2.24, 2.45) is 7.05 Å². The van der Waals surface area contributed by atoms with E-state index in [0.29, 0.717) is 11.3 Å². The Kier molecular flexibility index (Phi) is 5.76. The summed E-state index contributed by atoms with van der Waals surface area (Å²) in [6.07, 6.45) is 0.636. The molecule has 0 saturated carbocycles. The summed E-state index contributed by atoms with van der Waals surface area (Å²) in [6, 6.07) is 5.57. The Bertz CT molecular complexity index is 772. The smallest absolute Gasteiger partial charge is 0.279 e. The van der Waals surface area contributed by atoms with Gasteiger partial charge in [-0.3, -0.25) is 25.1 Å². The number of nitrogens with one attached hydrogen (secondary N) is 2. The Morgan fingerprint density at radius 1 is 1.24 bits per heavy atom. The highest BCUT2D eigenvalue weighted by atomic mass is 16.5. The van der Waals surface area contributed by atoms with E-state index >= 15 is 0 Å². The maximum Gasteiger partial charge on any atom is 0.279 e. The quantitative estimate of drug-likeness (QED) is 0.691. The van der Waals surface area contributed by atoms with Gasteiger partial charge in [0, 0.05) is 18.8 Å². The number of benzene rings is 1. The third-order valence-corrected chi connectivity index (χ3v) is 3.83. The number of nitrogens with zero attached hydrogens (tertiary/aromatic N) is 2. The van der Waals surface area contributed by atoms with Crippen LogP contribution in [-0.4, -0.2) is 32.8 Å². The predicted molar refractivity (Wildman–Crippen MR) is 90.5 cm³/mol. The minimum atomic E-state index is -1.43. The van der Waals surface area contributed by atoms with E-state index in [4.69, 9.17) is 4.74 Å². The molecule has 0 bridgehead atoms. The molecule has 0 spiro atoms. The van der Waals surface area contributed by atoms with Crippen LogP contribution in [0.3, 0.4) is 0 Å². The molecule has 1 aromatic carbocycles. The SMILES string of the molecule is Cc1cccc(O[C@@H](C)C(=O)NNC(=O)[C@H](O)c2cnn(C)c2)c1C. The standard InChI is InChI=1S/C17H22N4O4/c1-10-6-5-7-14(11(10)2)25-12(3)16(23)19-20-17(24)15(22)13-8-18-21(4)9-13/h5-9,12,15,22H,1-4H3,(H,19,23)(H,20,24)/t12-,15+/m0/s1. The molecular formula is C17H22N4O4. The van der Waals surface area contributed by atoms with Gasteiger partial charge in [0.2, 0.25) is 0 Å². The number of aromatic nitrogens is 2. The van der Waals surface area contributed by atoms with Gasteiger partial charge >= 0.3 is 0 Å². The number of carbonyl (C=O) groups excluding carboxylic acids is 2. The topological polar surface area (TPSA) is 105 Å². The van der Waals surface area contributed by atoms with Crippen molar-refractivity contribution >= 4 is 11.8 Å². The van der Waals surface area contributed by atoms with Gasteiger partial charge in [0.1, 0.15) is 5.75 Å². The van der Waals surface area contributed by atoms with Gasteiger partial charge in [-0.15, -0.1) is 0 Å². The fraction of sp³-hybridized carbons (Fsp3) is 0.353. The van der Waals surface area contributed by atoms with Crippen molar-refractivity contribution in [2.75, 3.05) is 0 Å². The lowest BCUT2D eigenvalue weighted by Gasteiger charge is -2.18. The second-order valence-corrected chi connectivity index (χ2v) is 5.79. The number of rotatable bonds is 5. The van der Waals surface area contributed by atoms with Crippen molar-refractivity contribution in [1.82, 2.24) is 20.6 Å². The summed E-state index contributed by atoms with van der Waals surface area (Å²) in [5, 5.41) is 13.8. The number of carbonyl (C=O) groups is 2. The first-order chi connectivity index (χ1) is 11.8.